The van der Waals surface area contributed by atoms with Crippen molar-refractivity contribution in [2.45, 2.75) is 25.9 Å². The number of aromatic nitrogens is 2. The fourth-order valence-corrected chi connectivity index (χ4v) is 1.71. The van der Waals surface area contributed by atoms with Gasteiger partial charge in [-0.15, -0.1) is 0 Å². The molecule has 0 spiro atoms. The number of nitrogens with zero attached hydrogens (tertiary/aromatic N) is 2. The van der Waals surface area contributed by atoms with Crippen molar-refractivity contribution < 1.29 is 4.39 Å². The largest absolute Gasteiger partial charge is 0.329 e. The van der Waals surface area contributed by atoms with Gasteiger partial charge in [-0.2, -0.15) is 0 Å². The molecule has 2 N–H and O–H groups in total. The molecule has 0 aliphatic heterocycles. The van der Waals surface area contributed by atoms with Crippen molar-refractivity contribution in [3.63, 3.8) is 0 Å². The molecule has 2 rings (SSSR count). The van der Waals surface area contributed by atoms with E-state index in [0.717, 1.165) is 24.2 Å². The maximum atomic E-state index is 12.9. The minimum Gasteiger partial charge on any atom is -0.329 e. The van der Waals surface area contributed by atoms with E-state index in [2.05, 4.69) is 11.9 Å². The summed E-state index contributed by atoms with van der Waals surface area (Å²) in [5.41, 5.74) is 7.84. The molecule has 0 aliphatic rings. The molecule has 0 amide bonds. The van der Waals surface area contributed by atoms with Crippen LogP contribution in [0.15, 0.2) is 36.8 Å². The first kappa shape index (κ1) is 11.8. The quantitative estimate of drug-likeness (QED) is 0.881. The van der Waals surface area contributed by atoms with Gasteiger partial charge in [-0.05, 0) is 36.2 Å². The van der Waals surface area contributed by atoms with Crippen molar-refractivity contribution >= 4 is 0 Å². The van der Waals surface area contributed by atoms with Gasteiger partial charge in [-0.25, -0.2) is 9.37 Å². The Balaban J connectivity index is 2.27. The fraction of sp³-hybridized carbons (Fsp3) is 0.308. The molecule has 0 fully saturated rings. The number of nitrogens with two attached hydrogens (primary N) is 1. The van der Waals surface area contributed by atoms with Crippen LogP contribution in [0.5, 0.6) is 0 Å². The summed E-state index contributed by atoms with van der Waals surface area (Å²) in [6.45, 7) is 2.78. The zero-order valence-corrected chi connectivity index (χ0v) is 9.81. The molecule has 17 heavy (non-hydrogen) atoms. The number of hydrogen-bond donors (Lipinski definition) is 1. The number of halogens is 1. The maximum absolute atomic E-state index is 12.9. The first-order chi connectivity index (χ1) is 8.20. The van der Waals surface area contributed by atoms with Crippen LogP contribution < -0.4 is 5.73 Å². The summed E-state index contributed by atoms with van der Waals surface area (Å²) in [6, 6.07) is 6.52. The second-order valence-corrected chi connectivity index (χ2v) is 4.11. The van der Waals surface area contributed by atoms with Gasteiger partial charge in [0.2, 0.25) is 0 Å². The number of hydrogen-bond acceptors (Lipinski definition) is 2. The van der Waals surface area contributed by atoms with Gasteiger partial charge in [0.15, 0.2) is 0 Å². The van der Waals surface area contributed by atoms with E-state index in [-0.39, 0.29) is 11.9 Å². The lowest BCUT2D eigenvalue weighted by Gasteiger charge is -2.12. The van der Waals surface area contributed by atoms with E-state index in [1.807, 2.05) is 4.57 Å². The summed E-state index contributed by atoms with van der Waals surface area (Å²) in [4.78, 5) is 4.12. The van der Waals surface area contributed by atoms with Gasteiger partial charge in [-0.1, -0.05) is 6.92 Å². The molecule has 0 aliphatic carbocycles. The van der Waals surface area contributed by atoms with E-state index in [0.29, 0.717) is 0 Å². The van der Waals surface area contributed by atoms with E-state index < -0.39 is 0 Å². The highest BCUT2D eigenvalue weighted by Gasteiger charge is 2.07. The highest BCUT2D eigenvalue weighted by molar-refractivity contribution is 5.58. The van der Waals surface area contributed by atoms with Crippen molar-refractivity contribution in [3.05, 3.63) is 42.6 Å². The highest BCUT2D eigenvalue weighted by atomic mass is 19.1. The highest BCUT2D eigenvalue weighted by Crippen LogP contribution is 2.19. The van der Waals surface area contributed by atoms with Gasteiger partial charge >= 0.3 is 0 Å². The first-order valence-corrected chi connectivity index (χ1v) is 5.72. The molecule has 90 valence electrons. The van der Waals surface area contributed by atoms with Gasteiger partial charge in [0.1, 0.15) is 5.82 Å². The SMILES string of the molecule is CCC(N)Cn1cncc1-c1ccc(F)cc1. The van der Waals surface area contributed by atoms with Gasteiger partial charge in [0.25, 0.3) is 0 Å². The van der Waals surface area contributed by atoms with E-state index in [1.165, 1.54) is 12.1 Å². The average molecular weight is 233 g/mol. The van der Waals surface area contributed by atoms with E-state index in [9.17, 15) is 4.39 Å². The fourth-order valence-electron chi connectivity index (χ4n) is 1.71. The van der Waals surface area contributed by atoms with Crippen molar-refractivity contribution in [1.82, 2.24) is 9.55 Å². The minimum atomic E-state index is -0.231. The molecule has 1 unspecified atom stereocenters. The van der Waals surface area contributed by atoms with Gasteiger partial charge < -0.3 is 10.3 Å². The zero-order valence-electron chi connectivity index (χ0n) is 9.81. The molecular formula is C13H16FN3. The topological polar surface area (TPSA) is 43.8 Å². The summed E-state index contributed by atoms with van der Waals surface area (Å²) in [7, 11) is 0. The third kappa shape index (κ3) is 2.71. The van der Waals surface area contributed by atoms with Gasteiger partial charge in [0.05, 0.1) is 18.2 Å². The predicted octanol–water partition coefficient (Wildman–Crippen LogP) is 2.43. The minimum absolute atomic E-state index is 0.114. The molecule has 1 atom stereocenters. The van der Waals surface area contributed by atoms with Crippen LogP contribution >= 0.6 is 0 Å². The predicted molar refractivity (Wildman–Crippen MR) is 65.9 cm³/mol. The monoisotopic (exact) mass is 233 g/mol. The zero-order chi connectivity index (χ0) is 12.3. The summed E-state index contributed by atoms with van der Waals surface area (Å²) in [6.07, 6.45) is 4.45. The molecule has 3 nitrogen and oxygen atoms in total. The maximum Gasteiger partial charge on any atom is 0.123 e. The third-order valence-electron chi connectivity index (χ3n) is 2.81. The summed E-state index contributed by atoms with van der Waals surface area (Å²) >= 11 is 0. The van der Waals surface area contributed by atoms with Crippen molar-refractivity contribution in [3.8, 4) is 11.3 Å². The summed E-state index contributed by atoms with van der Waals surface area (Å²) in [5.74, 6) is -0.231. The molecular weight excluding hydrogens is 217 g/mol. The van der Waals surface area contributed by atoms with Gasteiger partial charge in [-0.3, -0.25) is 0 Å². The van der Waals surface area contributed by atoms with Crippen LogP contribution in [0.4, 0.5) is 4.39 Å². The normalized spacial score (nSPS) is 12.6. The molecule has 1 heterocycles. The molecule has 0 radical (unpaired) electrons. The van der Waals surface area contributed by atoms with Crippen LogP contribution in [-0.4, -0.2) is 15.6 Å². The number of rotatable bonds is 4. The van der Waals surface area contributed by atoms with Crippen LogP contribution in [0.25, 0.3) is 11.3 Å². The molecule has 2 aromatic rings. The van der Waals surface area contributed by atoms with Crippen LogP contribution in [0, 0.1) is 5.82 Å². The Morgan fingerprint density at radius 3 is 2.71 bits per heavy atom. The van der Waals surface area contributed by atoms with Crippen molar-refractivity contribution in [2.75, 3.05) is 0 Å². The molecule has 0 saturated carbocycles. The number of imidazole rings is 1. The van der Waals surface area contributed by atoms with Crippen LogP contribution in [0.2, 0.25) is 0 Å². The number of benzene rings is 1. The Morgan fingerprint density at radius 1 is 1.35 bits per heavy atom. The second kappa shape index (κ2) is 5.10. The smallest absolute Gasteiger partial charge is 0.123 e. The lowest BCUT2D eigenvalue weighted by molar-refractivity contribution is 0.541. The van der Waals surface area contributed by atoms with Crippen LogP contribution in [0.3, 0.4) is 0 Å². The molecule has 0 bridgehead atoms. The van der Waals surface area contributed by atoms with E-state index in [1.54, 1.807) is 24.7 Å². The Hall–Kier alpha value is -1.68. The Labute approximate surface area is 100 Å². The standard InChI is InChI=1S/C13H16FN3/c1-2-12(15)8-17-9-16-7-13(17)10-3-5-11(14)6-4-10/h3-7,9,12H,2,8,15H2,1H3. The van der Waals surface area contributed by atoms with E-state index >= 15 is 0 Å². The lowest BCUT2D eigenvalue weighted by atomic mass is 10.1. The summed E-state index contributed by atoms with van der Waals surface area (Å²) in [5, 5.41) is 0. The Morgan fingerprint density at radius 2 is 2.06 bits per heavy atom. The van der Waals surface area contributed by atoms with Crippen molar-refractivity contribution in [1.29, 1.82) is 0 Å². The lowest BCUT2D eigenvalue weighted by Crippen LogP contribution is -2.25. The van der Waals surface area contributed by atoms with Gasteiger partial charge in [0, 0.05) is 12.6 Å². The Bertz CT molecular complexity index is 476. The molecule has 4 heteroatoms. The first-order valence-electron chi connectivity index (χ1n) is 5.72. The Kier molecular flexibility index (Phi) is 3.54. The average Bonchev–Trinajstić information content (AvgIpc) is 2.78. The molecule has 1 aromatic heterocycles. The van der Waals surface area contributed by atoms with Crippen molar-refractivity contribution in [2.24, 2.45) is 5.73 Å². The second-order valence-electron chi connectivity index (χ2n) is 4.11. The molecule has 0 saturated heterocycles. The molecule has 1 aromatic carbocycles. The van der Waals surface area contributed by atoms with Crippen LogP contribution in [-0.2, 0) is 6.54 Å². The summed E-state index contributed by atoms with van der Waals surface area (Å²) < 4.78 is 14.9. The van der Waals surface area contributed by atoms with Crippen LogP contribution in [0.1, 0.15) is 13.3 Å². The van der Waals surface area contributed by atoms with E-state index in [4.69, 9.17) is 5.73 Å². The third-order valence-corrected chi connectivity index (χ3v) is 2.81.